The van der Waals surface area contributed by atoms with Crippen molar-refractivity contribution in [1.82, 2.24) is 15.0 Å². The maximum Gasteiger partial charge on any atom is 0.247 e. The summed E-state index contributed by atoms with van der Waals surface area (Å²) in [6.07, 6.45) is 5.36. The van der Waals surface area contributed by atoms with Crippen LogP contribution in [0, 0.1) is 13.8 Å². The van der Waals surface area contributed by atoms with Gasteiger partial charge in [-0.2, -0.15) is 0 Å². The highest BCUT2D eigenvalue weighted by Gasteiger charge is 2.31. The molecule has 0 aliphatic carbocycles. The van der Waals surface area contributed by atoms with E-state index in [-0.39, 0.29) is 11.9 Å². The number of amides is 1. The van der Waals surface area contributed by atoms with Crippen LogP contribution in [0.3, 0.4) is 0 Å². The lowest BCUT2D eigenvalue weighted by molar-refractivity contribution is -0.126. The molecule has 1 aliphatic rings. The number of hydrogen-bond donors (Lipinski definition) is 0. The third-order valence-electron chi connectivity index (χ3n) is 6.29. The van der Waals surface area contributed by atoms with Crippen molar-refractivity contribution in [1.29, 1.82) is 0 Å². The molecule has 7 nitrogen and oxygen atoms in total. The fraction of sp³-hybridized carbons (Fsp3) is 0.296. The molecule has 0 saturated carbocycles. The summed E-state index contributed by atoms with van der Waals surface area (Å²) in [5, 5.41) is 4.97. The molecule has 8 heteroatoms. The van der Waals surface area contributed by atoms with Crippen LogP contribution in [0.15, 0.2) is 53.1 Å². The van der Waals surface area contributed by atoms with Gasteiger partial charge in [0.1, 0.15) is 17.4 Å². The molecule has 0 radical (unpaired) electrons. The zero-order valence-electron chi connectivity index (χ0n) is 20.0. The van der Waals surface area contributed by atoms with Crippen LogP contribution in [0.25, 0.3) is 16.3 Å². The Hall–Kier alpha value is -3.65. The van der Waals surface area contributed by atoms with Crippen LogP contribution < -0.4 is 9.47 Å². The van der Waals surface area contributed by atoms with E-state index in [0.717, 1.165) is 57.2 Å². The van der Waals surface area contributed by atoms with Gasteiger partial charge in [-0.05, 0) is 62.6 Å². The first kappa shape index (κ1) is 23.1. The van der Waals surface area contributed by atoms with Gasteiger partial charge in [0, 0.05) is 12.6 Å². The number of aromatic nitrogens is 2. The maximum atomic E-state index is 13.1. The van der Waals surface area contributed by atoms with Crippen LogP contribution in [0.4, 0.5) is 0 Å². The third-order valence-corrected chi connectivity index (χ3v) is 7.43. The van der Waals surface area contributed by atoms with Crippen LogP contribution in [0.2, 0.25) is 0 Å². The van der Waals surface area contributed by atoms with E-state index in [9.17, 15) is 4.79 Å². The molecule has 1 amide bonds. The molecule has 1 unspecified atom stereocenters. The number of aryl methyl sites for hydroxylation is 2. The third kappa shape index (κ3) is 4.79. The highest BCUT2D eigenvalue weighted by atomic mass is 32.1. The normalized spacial score (nSPS) is 15.9. The number of ether oxygens (including phenoxy) is 2. The molecule has 1 aliphatic heterocycles. The number of nitrogens with zero attached hydrogens (tertiary/aromatic N) is 3. The predicted molar refractivity (Wildman–Crippen MR) is 136 cm³/mol. The van der Waals surface area contributed by atoms with Gasteiger partial charge in [-0.3, -0.25) is 4.79 Å². The molecule has 1 saturated heterocycles. The Balaban J connectivity index is 1.28. The second-order valence-electron chi connectivity index (χ2n) is 8.54. The minimum atomic E-state index is -0.00976. The first-order valence-electron chi connectivity index (χ1n) is 11.6. The molecule has 180 valence electrons. The van der Waals surface area contributed by atoms with E-state index in [1.165, 1.54) is 0 Å². The number of likely N-dealkylation sites (tertiary alicyclic amines) is 1. The molecule has 4 aromatic rings. The molecule has 1 atom stereocenters. The van der Waals surface area contributed by atoms with Crippen molar-refractivity contribution in [3.63, 3.8) is 0 Å². The van der Waals surface area contributed by atoms with Gasteiger partial charge in [-0.15, -0.1) is 11.3 Å². The minimum absolute atomic E-state index is 0.00976. The van der Waals surface area contributed by atoms with Crippen molar-refractivity contribution in [2.75, 3.05) is 13.7 Å². The number of benzene rings is 2. The summed E-state index contributed by atoms with van der Waals surface area (Å²) in [6.45, 7) is 4.83. The van der Waals surface area contributed by atoms with Crippen LogP contribution >= 0.6 is 11.3 Å². The van der Waals surface area contributed by atoms with Gasteiger partial charge in [-0.25, -0.2) is 4.98 Å². The average Bonchev–Trinajstić information content (AvgIpc) is 3.60. The van der Waals surface area contributed by atoms with E-state index in [1.54, 1.807) is 24.5 Å². The molecule has 0 N–H and O–H groups in total. The molecule has 1 fully saturated rings. The van der Waals surface area contributed by atoms with Gasteiger partial charge in [0.25, 0.3) is 0 Å². The lowest BCUT2D eigenvalue weighted by Crippen LogP contribution is -2.28. The van der Waals surface area contributed by atoms with Gasteiger partial charge in [0.05, 0.1) is 34.6 Å². The summed E-state index contributed by atoms with van der Waals surface area (Å²) in [5.74, 6) is 1.95. The van der Waals surface area contributed by atoms with Gasteiger partial charge in [-0.1, -0.05) is 23.4 Å². The fourth-order valence-corrected chi connectivity index (χ4v) is 5.46. The number of carbonyl (C=O) groups excluding carboxylic acids is 1. The van der Waals surface area contributed by atoms with E-state index < -0.39 is 0 Å². The fourth-order valence-electron chi connectivity index (χ4n) is 4.35. The summed E-state index contributed by atoms with van der Waals surface area (Å²) in [6, 6.07) is 13.8. The van der Waals surface area contributed by atoms with Crippen molar-refractivity contribution in [3.05, 3.63) is 76.1 Å². The topological polar surface area (TPSA) is 77.7 Å². The first-order valence-corrected chi connectivity index (χ1v) is 12.4. The Bertz CT molecular complexity index is 1340. The van der Waals surface area contributed by atoms with Crippen molar-refractivity contribution >= 4 is 33.5 Å². The van der Waals surface area contributed by atoms with Crippen LogP contribution in [0.1, 0.15) is 46.5 Å². The lowest BCUT2D eigenvalue weighted by atomic mass is 10.1. The number of fused-ring (bicyclic) bond motifs is 1. The largest absolute Gasteiger partial charge is 0.493 e. The van der Waals surface area contributed by atoms with Crippen molar-refractivity contribution in [2.24, 2.45) is 0 Å². The molecule has 0 spiro atoms. The van der Waals surface area contributed by atoms with Gasteiger partial charge < -0.3 is 18.9 Å². The Morgan fingerprint density at radius 3 is 2.86 bits per heavy atom. The quantitative estimate of drug-likeness (QED) is 0.302. The SMILES string of the molecule is COc1cc(C=CC(=O)N2CCCC2c2nc3ccccc3s2)ccc1OCc1c(C)noc1C. The van der Waals surface area contributed by atoms with Crippen LogP contribution in [-0.4, -0.2) is 34.6 Å². The zero-order valence-corrected chi connectivity index (χ0v) is 20.8. The zero-order chi connectivity index (χ0) is 24.4. The Morgan fingerprint density at radius 1 is 1.23 bits per heavy atom. The van der Waals surface area contributed by atoms with E-state index >= 15 is 0 Å². The van der Waals surface area contributed by atoms with Gasteiger partial charge in [0.15, 0.2) is 11.5 Å². The monoisotopic (exact) mass is 489 g/mol. The van der Waals surface area contributed by atoms with E-state index in [2.05, 4.69) is 11.2 Å². The van der Waals surface area contributed by atoms with Crippen molar-refractivity contribution in [2.45, 2.75) is 39.3 Å². The average molecular weight is 490 g/mol. The van der Waals surface area contributed by atoms with E-state index in [0.29, 0.717) is 18.1 Å². The lowest BCUT2D eigenvalue weighted by Gasteiger charge is -2.21. The van der Waals surface area contributed by atoms with E-state index in [1.807, 2.05) is 61.2 Å². The first-order chi connectivity index (χ1) is 17.0. The highest BCUT2D eigenvalue weighted by molar-refractivity contribution is 7.18. The Morgan fingerprint density at radius 2 is 2.09 bits per heavy atom. The molecule has 5 rings (SSSR count). The molecule has 2 aromatic heterocycles. The second kappa shape index (κ2) is 9.92. The number of thiazole rings is 1. The number of para-hydroxylation sites is 1. The second-order valence-corrected chi connectivity index (χ2v) is 9.61. The predicted octanol–water partition coefficient (Wildman–Crippen LogP) is 5.87. The molecule has 0 bridgehead atoms. The summed E-state index contributed by atoms with van der Waals surface area (Å²) < 4.78 is 17.8. The Kier molecular flexibility index (Phi) is 6.55. The summed E-state index contributed by atoms with van der Waals surface area (Å²) >= 11 is 1.67. The highest BCUT2D eigenvalue weighted by Crippen LogP contribution is 2.37. The number of rotatable bonds is 7. The van der Waals surface area contributed by atoms with Crippen molar-refractivity contribution < 1.29 is 18.8 Å². The molecule has 35 heavy (non-hydrogen) atoms. The van der Waals surface area contributed by atoms with Crippen LogP contribution in [0.5, 0.6) is 11.5 Å². The number of hydrogen-bond acceptors (Lipinski definition) is 7. The molecular formula is C27H27N3O4S. The Labute approximate surface area is 208 Å². The maximum absolute atomic E-state index is 13.1. The smallest absolute Gasteiger partial charge is 0.247 e. The molecular weight excluding hydrogens is 462 g/mol. The van der Waals surface area contributed by atoms with Gasteiger partial charge >= 0.3 is 0 Å². The molecule has 3 heterocycles. The minimum Gasteiger partial charge on any atom is -0.493 e. The van der Waals surface area contributed by atoms with Gasteiger partial charge in [0.2, 0.25) is 5.91 Å². The summed E-state index contributed by atoms with van der Waals surface area (Å²) in [5.41, 5.74) is 3.59. The van der Waals surface area contributed by atoms with Crippen molar-refractivity contribution in [3.8, 4) is 11.5 Å². The number of carbonyl (C=O) groups is 1. The van der Waals surface area contributed by atoms with Crippen LogP contribution in [-0.2, 0) is 11.4 Å². The van der Waals surface area contributed by atoms with E-state index in [4.69, 9.17) is 19.0 Å². The number of methoxy groups -OCH3 is 1. The molecule has 2 aromatic carbocycles. The summed E-state index contributed by atoms with van der Waals surface area (Å²) in [4.78, 5) is 19.8. The standard InChI is InChI=1S/C27H27N3O4S/c1-17-20(18(2)34-29-17)16-33-23-12-10-19(15-24(23)32-3)11-13-26(31)30-14-6-8-22(30)27-28-21-7-4-5-9-25(21)35-27/h4-5,7,9-13,15,22H,6,8,14,16H2,1-3H3. The summed E-state index contributed by atoms with van der Waals surface area (Å²) in [7, 11) is 1.60.